The van der Waals surface area contributed by atoms with Gasteiger partial charge in [0.1, 0.15) is 5.52 Å². The number of oxazole rings is 1. The molecule has 6 heteroatoms. The van der Waals surface area contributed by atoms with Crippen LogP contribution >= 0.6 is 23.4 Å². The first-order chi connectivity index (χ1) is 12.1. The Morgan fingerprint density at radius 3 is 2.76 bits per heavy atom. The van der Waals surface area contributed by atoms with Gasteiger partial charge in [-0.3, -0.25) is 4.79 Å². The minimum absolute atomic E-state index is 0.0663. The van der Waals surface area contributed by atoms with E-state index in [-0.39, 0.29) is 11.2 Å². The Morgan fingerprint density at radius 1 is 1.28 bits per heavy atom. The molecule has 0 saturated heterocycles. The smallest absolute Gasteiger partial charge is 0.257 e. The van der Waals surface area contributed by atoms with Gasteiger partial charge in [0.15, 0.2) is 5.58 Å². The molecule has 0 spiro atoms. The van der Waals surface area contributed by atoms with Crippen LogP contribution < -0.4 is 0 Å². The van der Waals surface area contributed by atoms with E-state index in [1.165, 1.54) is 11.8 Å². The number of aromatic nitrogens is 1. The van der Waals surface area contributed by atoms with Crippen molar-refractivity contribution in [1.82, 2.24) is 9.88 Å². The zero-order valence-electron chi connectivity index (χ0n) is 14.1. The zero-order valence-corrected chi connectivity index (χ0v) is 15.7. The van der Waals surface area contributed by atoms with Crippen molar-refractivity contribution < 1.29 is 9.21 Å². The van der Waals surface area contributed by atoms with Crippen LogP contribution in [0.5, 0.6) is 0 Å². The van der Waals surface area contributed by atoms with Gasteiger partial charge in [-0.2, -0.15) is 0 Å². The van der Waals surface area contributed by atoms with Crippen LogP contribution in [0.1, 0.15) is 19.4 Å². The van der Waals surface area contributed by atoms with Gasteiger partial charge in [-0.25, -0.2) is 4.98 Å². The van der Waals surface area contributed by atoms with Gasteiger partial charge in [-0.1, -0.05) is 53.7 Å². The molecule has 3 rings (SSSR count). The number of halogens is 1. The highest BCUT2D eigenvalue weighted by atomic mass is 35.5. The molecule has 1 amide bonds. The lowest BCUT2D eigenvalue weighted by Gasteiger charge is -2.23. The fraction of sp³-hybridized carbons (Fsp3) is 0.263. The van der Waals surface area contributed by atoms with Gasteiger partial charge in [-0.05, 0) is 31.5 Å². The Kier molecular flexibility index (Phi) is 5.66. The molecule has 0 fully saturated rings. The third kappa shape index (κ3) is 4.35. The second-order valence-corrected chi connectivity index (χ2v) is 7.42. The molecule has 0 aliphatic carbocycles. The van der Waals surface area contributed by atoms with Crippen LogP contribution in [0, 0.1) is 0 Å². The van der Waals surface area contributed by atoms with Crippen LogP contribution in [-0.4, -0.2) is 27.6 Å². The minimum Gasteiger partial charge on any atom is -0.431 e. The molecular weight excluding hydrogens is 356 g/mol. The molecule has 130 valence electrons. The number of hydrogen-bond acceptors (Lipinski definition) is 4. The molecular formula is C19H19ClN2O2S. The van der Waals surface area contributed by atoms with Crippen molar-refractivity contribution in [2.24, 2.45) is 0 Å². The molecule has 0 radical (unpaired) electrons. The maximum atomic E-state index is 12.8. The van der Waals surface area contributed by atoms with E-state index >= 15 is 0 Å². The summed E-state index contributed by atoms with van der Waals surface area (Å²) in [6, 6.07) is 15.3. The summed E-state index contributed by atoms with van der Waals surface area (Å²) in [5, 5.41) is 0.797. The van der Waals surface area contributed by atoms with Crippen LogP contribution in [0.3, 0.4) is 0 Å². The first kappa shape index (κ1) is 17.8. The van der Waals surface area contributed by atoms with Crippen molar-refractivity contribution in [3.05, 3.63) is 59.1 Å². The number of thioether (sulfide) groups is 1. The summed E-state index contributed by atoms with van der Waals surface area (Å²) >= 11 is 7.29. The van der Waals surface area contributed by atoms with Crippen LogP contribution in [0.25, 0.3) is 11.1 Å². The first-order valence-electron chi connectivity index (χ1n) is 8.12. The van der Waals surface area contributed by atoms with Crippen molar-refractivity contribution in [1.29, 1.82) is 0 Å². The lowest BCUT2D eigenvalue weighted by molar-refractivity contribution is -0.130. The maximum absolute atomic E-state index is 12.8. The van der Waals surface area contributed by atoms with Gasteiger partial charge in [0.05, 0.1) is 5.25 Å². The van der Waals surface area contributed by atoms with Gasteiger partial charge in [0.2, 0.25) is 5.91 Å². The van der Waals surface area contributed by atoms with Gasteiger partial charge < -0.3 is 9.32 Å². The van der Waals surface area contributed by atoms with Gasteiger partial charge in [0.25, 0.3) is 5.22 Å². The molecule has 3 aromatic rings. The van der Waals surface area contributed by atoms with Crippen molar-refractivity contribution in [3.8, 4) is 0 Å². The summed E-state index contributed by atoms with van der Waals surface area (Å²) < 4.78 is 5.70. The molecule has 1 unspecified atom stereocenters. The predicted molar refractivity (Wildman–Crippen MR) is 102 cm³/mol. The fourth-order valence-electron chi connectivity index (χ4n) is 2.54. The molecule has 25 heavy (non-hydrogen) atoms. The van der Waals surface area contributed by atoms with Gasteiger partial charge >= 0.3 is 0 Å². The highest BCUT2D eigenvalue weighted by Crippen LogP contribution is 2.29. The Hall–Kier alpha value is -1.98. The number of rotatable bonds is 6. The summed E-state index contributed by atoms with van der Waals surface area (Å²) in [7, 11) is 0. The Bertz CT molecular complexity index is 866. The van der Waals surface area contributed by atoms with Crippen molar-refractivity contribution in [3.63, 3.8) is 0 Å². The summed E-state index contributed by atoms with van der Waals surface area (Å²) in [5.74, 6) is 0.0663. The van der Waals surface area contributed by atoms with Gasteiger partial charge in [0, 0.05) is 24.2 Å². The highest BCUT2D eigenvalue weighted by molar-refractivity contribution is 8.00. The third-order valence-electron chi connectivity index (χ3n) is 3.87. The summed E-state index contributed by atoms with van der Waals surface area (Å²) in [6.07, 6.45) is 0. The van der Waals surface area contributed by atoms with E-state index in [2.05, 4.69) is 4.98 Å². The standard InChI is InChI=1S/C19H19ClN2O2S/c1-3-22(12-14-7-5-4-6-8-14)18(23)13(2)25-19-21-16-10-9-15(20)11-17(16)24-19/h4-11,13H,3,12H2,1-2H3. The quantitative estimate of drug-likeness (QED) is 0.569. The van der Waals surface area contributed by atoms with E-state index in [1.807, 2.05) is 55.1 Å². The van der Waals surface area contributed by atoms with E-state index in [0.717, 1.165) is 11.1 Å². The summed E-state index contributed by atoms with van der Waals surface area (Å²) in [5.41, 5.74) is 2.49. The normalized spacial score (nSPS) is 12.3. The lowest BCUT2D eigenvalue weighted by Crippen LogP contribution is -2.35. The van der Waals surface area contributed by atoms with E-state index in [0.29, 0.717) is 28.9 Å². The van der Waals surface area contributed by atoms with E-state index in [4.69, 9.17) is 16.0 Å². The lowest BCUT2D eigenvalue weighted by atomic mass is 10.2. The van der Waals surface area contributed by atoms with E-state index in [1.54, 1.807) is 12.1 Å². The SMILES string of the molecule is CCN(Cc1ccccc1)C(=O)C(C)Sc1nc2ccc(Cl)cc2o1. The number of fused-ring (bicyclic) bond motifs is 1. The summed E-state index contributed by atoms with van der Waals surface area (Å²) in [6.45, 7) is 5.12. The topological polar surface area (TPSA) is 46.3 Å². The van der Waals surface area contributed by atoms with E-state index in [9.17, 15) is 4.79 Å². The number of carbonyl (C=O) groups is 1. The second kappa shape index (κ2) is 7.93. The largest absolute Gasteiger partial charge is 0.431 e. The highest BCUT2D eigenvalue weighted by Gasteiger charge is 2.23. The molecule has 4 nitrogen and oxygen atoms in total. The number of carbonyl (C=O) groups excluding carboxylic acids is 1. The number of hydrogen-bond donors (Lipinski definition) is 0. The third-order valence-corrected chi connectivity index (χ3v) is 5.03. The molecule has 0 aliphatic heterocycles. The molecule has 0 saturated carbocycles. The predicted octanol–water partition coefficient (Wildman–Crippen LogP) is 5.01. The maximum Gasteiger partial charge on any atom is 0.257 e. The number of amides is 1. The molecule has 0 N–H and O–H groups in total. The van der Waals surface area contributed by atoms with Crippen molar-refractivity contribution in [2.45, 2.75) is 30.9 Å². The monoisotopic (exact) mass is 374 g/mol. The van der Waals surface area contributed by atoms with Crippen LogP contribution in [-0.2, 0) is 11.3 Å². The number of nitrogens with zero attached hydrogens (tertiary/aromatic N) is 2. The molecule has 1 heterocycles. The van der Waals surface area contributed by atoms with Crippen LogP contribution in [0.15, 0.2) is 58.2 Å². The van der Waals surface area contributed by atoms with Crippen LogP contribution in [0.2, 0.25) is 5.02 Å². The zero-order chi connectivity index (χ0) is 17.8. The second-order valence-electron chi connectivity index (χ2n) is 5.69. The van der Waals surface area contributed by atoms with E-state index < -0.39 is 0 Å². The Balaban J connectivity index is 1.69. The Morgan fingerprint density at radius 2 is 2.04 bits per heavy atom. The fourth-order valence-corrected chi connectivity index (χ4v) is 3.54. The van der Waals surface area contributed by atoms with Crippen molar-refractivity contribution >= 4 is 40.4 Å². The van der Waals surface area contributed by atoms with Crippen LogP contribution in [0.4, 0.5) is 0 Å². The molecule has 1 atom stereocenters. The van der Waals surface area contributed by atoms with Gasteiger partial charge in [-0.15, -0.1) is 0 Å². The minimum atomic E-state index is -0.285. The number of benzene rings is 2. The summed E-state index contributed by atoms with van der Waals surface area (Å²) in [4.78, 5) is 19.0. The first-order valence-corrected chi connectivity index (χ1v) is 9.38. The van der Waals surface area contributed by atoms with Crippen molar-refractivity contribution in [2.75, 3.05) is 6.54 Å². The Labute approximate surface area is 156 Å². The molecule has 0 aliphatic rings. The molecule has 2 aromatic carbocycles. The average Bonchev–Trinajstić information content (AvgIpc) is 3.01. The molecule has 1 aromatic heterocycles. The molecule has 0 bridgehead atoms. The average molecular weight is 375 g/mol.